The highest BCUT2D eigenvalue weighted by Gasteiger charge is 2.13. The molecule has 0 saturated heterocycles. The van der Waals surface area contributed by atoms with Gasteiger partial charge in [0.2, 0.25) is 0 Å². The Morgan fingerprint density at radius 1 is 0.913 bits per heavy atom. The van der Waals surface area contributed by atoms with E-state index in [9.17, 15) is 0 Å². The predicted molar refractivity (Wildman–Crippen MR) is 93.1 cm³/mol. The number of aromatic nitrogens is 3. The molecule has 0 saturated carbocycles. The molecular weight excluding hydrogens is 306 g/mol. The first-order valence-electron chi connectivity index (χ1n) is 7.43. The minimum atomic E-state index is 0.700. The Morgan fingerprint density at radius 2 is 1.78 bits per heavy atom. The Bertz CT molecular complexity index is 961. The van der Waals surface area contributed by atoms with Crippen LogP contribution in [0.25, 0.3) is 16.9 Å². The van der Waals surface area contributed by atoms with E-state index in [1.807, 2.05) is 48.5 Å². The zero-order valence-corrected chi connectivity index (χ0v) is 13.1. The number of nitrogens with zero attached hydrogens (tertiary/aromatic N) is 3. The Balaban J connectivity index is 1.89. The number of hydrogen-bond donors (Lipinski definition) is 0. The van der Waals surface area contributed by atoms with E-state index in [0.717, 1.165) is 33.3 Å². The zero-order valence-electron chi connectivity index (χ0n) is 12.4. The van der Waals surface area contributed by atoms with Gasteiger partial charge in [-0.15, -0.1) is 0 Å². The fourth-order valence-electron chi connectivity index (χ4n) is 2.76. The monoisotopic (exact) mass is 319 g/mol. The van der Waals surface area contributed by atoms with E-state index in [2.05, 4.69) is 27.8 Å². The highest BCUT2D eigenvalue weighted by molar-refractivity contribution is 6.30. The maximum absolute atomic E-state index is 6.11. The molecule has 0 atom stereocenters. The number of para-hydroxylation sites is 1. The predicted octanol–water partition coefficient (Wildman–Crippen LogP) is 4.66. The van der Waals surface area contributed by atoms with Crippen molar-refractivity contribution >= 4 is 22.8 Å². The molecule has 3 nitrogen and oxygen atoms in total. The van der Waals surface area contributed by atoms with Crippen LogP contribution in [-0.2, 0) is 6.42 Å². The molecule has 23 heavy (non-hydrogen) atoms. The Labute approximate surface area is 139 Å². The van der Waals surface area contributed by atoms with Gasteiger partial charge in [0.25, 0.3) is 0 Å². The van der Waals surface area contributed by atoms with Gasteiger partial charge in [-0.2, -0.15) is 0 Å². The van der Waals surface area contributed by atoms with Gasteiger partial charge in [0.15, 0.2) is 5.65 Å². The van der Waals surface area contributed by atoms with Gasteiger partial charge in [0, 0.05) is 23.3 Å². The molecule has 4 aromatic rings. The third kappa shape index (κ3) is 2.71. The van der Waals surface area contributed by atoms with Crippen LogP contribution in [0.5, 0.6) is 0 Å². The van der Waals surface area contributed by atoms with Crippen LogP contribution in [0, 0.1) is 0 Å². The second-order valence-electron chi connectivity index (χ2n) is 5.35. The van der Waals surface area contributed by atoms with E-state index in [1.54, 1.807) is 6.20 Å². The van der Waals surface area contributed by atoms with Crippen molar-refractivity contribution in [2.24, 2.45) is 0 Å². The summed E-state index contributed by atoms with van der Waals surface area (Å²) in [4.78, 5) is 9.28. The highest BCUT2D eigenvalue weighted by Crippen LogP contribution is 2.22. The number of benzene rings is 2. The van der Waals surface area contributed by atoms with Crippen LogP contribution in [0.4, 0.5) is 0 Å². The second kappa shape index (κ2) is 5.86. The third-order valence-electron chi connectivity index (χ3n) is 3.75. The van der Waals surface area contributed by atoms with E-state index in [1.165, 1.54) is 0 Å². The number of hydrogen-bond acceptors (Lipinski definition) is 2. The molecule has 2 aromatic heterocycles. The van der Waals surface area contributed by atoms with Crippen LogP contribution in [0.1, 0.15) is 11.4 Å². The number of halogens is 1. The molecule has 0 aliphatic rings. The zero-order chi connectivity index (χ0) is 15.6. The van der Waals surface area contributed by atoms with Gasteiger partial charge < -0.3 is 0 Å². The first-order valence-corrected chi connectivity index (χ1v) is 7.81. The van der Waals surface area contributed by atoms with E-state index in [-0.39, 0.29) is 0 Å². The minimum absolute atomic E-state index is 0.700. The number of imidazole rings is 1. The van der Waals surface area contributed by atoms with E-state index >= 15 is 0 Å². The summed E-state index contributed by atoms with van der Waals surface area (Å²) in [7, 11) is 0. The van der Waals surface area contributed by atoms with Crippen molar-refractivity contribution in [3.63, 3.8) is 0 Å². The maximum Gasteiger partial charge on any atom is 0.164 e. The molecule has 4 heteroatoms. The summed E-state index contributed by atoms with van der Waals surface area (Å²) < 4.78 is 2.11. The Morgan fingerprint density at radius 3 is 2.61 bits per heavy atom. The molecule has 0 fully saturated rings. The molecular formula is C19H14ClN3. The van der Waals surface area contributed by atoms with Crippen molar-refractivity contribution in [3.05, 3.63) is 89.3 Å². The topological polar surface area (TPSA) is 30.7 Å². The van der Waals surface area contributed by atoms with Crippen LogP contribution < -0.4 is 0 Å². The summed E-state index contributed by atoms with van der Waals surface area (Å²) >= 11 is 6.11. The molecule has 2 aromatic carbocycles. The van der Waals surface area contributed by atoms with E-state index < -0.39 is 0 Å². The van der Waals surface area contributed by atoms with Gasteiger partial charge in [0.1, 0.15) is 11.3 Å². The summed E-state index contributed by atoms with van der Waals surface area (Å²) in [5.74, 6) is 0.951. The smallest absolute Gasteiger partial charge is 0.164 e. The lowest BCUT2D eigenvalue weighted by atomic mass is 10.1. The normalized spacial score (nSPS) is 11.0. The van der Waals surface area contributed by atoms with Crippen LogP contribution in [0.3, 0.4) is 0 Å². The quantitative estimate of drug-likeness (QED) is 0.549. The summed E-state index contributed by atoms with van der Waals surface area (Å²) in [5, 5.41) is 0.739. The molecule has 0 amide bonds. The average Bonchev–Trinajstić information content (AvgIpc) is 2.93. The highest BCUT2D eigenvalue weighted by atomic mass is 35.5. The summed E-state index contributed by atoms with van der Waals surface area (Å²) in [6, 6.07) is 22.0. The van der Waals surface area contributed by atoms with Gasteiger partial charge in [0.05, 0.1) is 0 Å². The third-order valence-corrected chi connectivity index (χ3v) is 3.99. The molecule has 2 heterocycles. The first-order chi connectivity index (χ1) is 11.3. The fraction of sp³-hybridized carbons (Fsp3) is 0.0526. The summed E-state index contributed by atoms with van der Waals surface area (Å²) in [5.41, 5.74) is 3.96. The van der Waals surface area contributed by atoms with Crippen LogP contribution in [-0.4, -0.2) is 14.5 Å². The molecule has 0 aliphatic carbocycles. The van der Waals surface area contributed by atoms with E-state index in [0.29, 0.717) is 6.42 Å². The van der Waals surface area contributed by atoms with Gasteiger partial charge >= 0.3 is 0 Å². The van der Waals surface area contributed by atoms with Crippen molar-refractivity contribution < 1.29 is 0 Å². The molecule has 0 unspecified atom stereocenters. The standard InChI is InChI=1S/C19H14ClN3/c20-15-7-4-6-14(12-15)13-18-22-17-10-5-11-21-19(17)23(18)16-8-2-1-3-9-16/h1-12H,13H2. The number of fused-ring (bicyclic) bond motifs is 1. The van der Waals surface area contributed by atoms with Crippen LogP contribution >= 0.6 is 11.6 Å². The summed E-state index contributed by atoms with van der Waals surface area (Å²) in [6.45, 7) is 0. The SMILES string of the molecule is Clc1cccc(Cc2nc3cccnc3n2-c2ccccc2)c1. The molecule has 0 spiro atoms. The van der Waals surface area contributed by atoms with Crippen molar-refractivity contribution in [2.45, 2.75) is 6.42 Å². The van der Waals surface area contributed by atoms with Gasteiger partial charge in [-0.3, -0.25) is 4.57 Å². The lowest BCUT2D eigenvalue weighted by Crippen LogP contribution is -2.03. The van der Waals surface area contributed by atoms with Crippen molar-refractivity contribution in [1.82, 2.24) is 14.5 Å². The van der Waals surface area contributed by atoms with Gasteiger partial charge in [-0.05, 0) is 42.0 Å². The van der Waals surface area contributed by atoms with Crippen molar-refractivity contribution in [3.8, 4) is 5.69 Å². The largest absolute Gasteiger partial charge is 0.280 e. The van der Waals surface area contributed by atoms with Crippen LogP contribution in [0.15, 0.2) is 72.9 Å². The molecule has 112 valence electrons. The lowest BCUT2D eigenvalue weighted by Gasteiger charge is -2.09. The Kier molecular flexibility index (Phi) is 3.56. The number of rotatable bonds is 3. The molecule has 0 bridgehead atoms. The van der Waals surface area contributed by atoms with Crippen LogP contribution in [0.2, 0.25) is 5.02 Å². The number of pyridine rings is 1. The second-order valence-corrected chi connectivity index (χ2v) is 5.79. The molecule has 4 rings (SSSR count). The maximum atomic E-state index is 6.11. The molecule has 0 N–H and O–H groups in total. The van der Waals surface area contributed by atoms with Gasteiger partial charge in [-0.1, -0.05) is 41.9 Å². The van der Waals surface area contributed by atoms with E-state index in [4.69, 9.17) is 16.6 Å². The molecule has 0 aliphatic heterocycles. The Hall–Kier alpha value is -2.65. The lowest BCUT2D eigenvalue weighted by molar-refractivity contribution is 0.924. The minimum Gasteiger partial charge on any atom is -0.280 e. The molecule has 0 radical (unpaired) electrons. The first kappa shape index (κ1) is 14.0. The fourth-order valence-corrected chi connectivity index (χ4v) is 2.97. The summed E-state index contributed by atoms with van der Waals surface area (Å²) in [6.07, 6.45) is 2.50. The van der Waals surface area contributed by atoms with Crippen molar-refractivity contribution in [2.75, 3.05) is 0 Å². The van der Waals surface area contributed by atoms with Crippen molar-refractivity contribution in [1.29, 1.82) is 0 Å². The average molecular weight is 320 g/mol. The van der Waals surface area contributed by atoms with Gasteiger partial charge in [-0.25, -0.2) is 9.97 Å².